The summed E-state index contributed by atoms with van der Waals surface area (Å²) >= 11 is 0. The highest BCUT2D eigenvalue weighted by Gasteiger charge is 2.39. The average Bonchev–Trinajstić information content (AvgIpc) is 2.45. The molecule has 1 saturated heterocycles. The zero-order valence-electron chi connectivity index (χ0n) is 5.63. The molecule has 0 saturated carbocycles. The zero-order chi connectivity index (χ0) is 6.85. The Balaban J connectivity index is 2.12. The summed E-state index contributed by atoms with van der Waals surface area (Å²) in [6.45, 7) is 0.819. The molecule has 1 fully saturated rings. The average molecular weight is 128 g/mol. The van der Waals surface area contributed by atoms with Gasteiger partial charge in [0.1, 0.15) is 6.10 Å². The highest BCUT2D eigenvalue weighted by atomic mass is 16.6. The summed E-state index contributed by atoms with van der Waals surface area (Å²) in [5, 5.41) is 0. The van der Waals surface area contributed by atoms with E-state index in [4.69, 9.17) is 4.74 Å². The molecule has 1 radical (unpaired) electrons. The minimum Gasteiger partial charge on any atom is -0.359 e. The van der Waals surface area contributed by atoms with E-state index in [1.54, 1.807) is 6.29 Å². The van der Waals surface area contributed by atoms with Crippen LogP contribution in [0.5, 0.6) is 0 Å². The van der Waals surface area contributed by atoms with Crippen molar-refractivity contribution in [3.63, 3.8) is 0 Å². The lowest BCUT2D eigenvalue weighted by Gasteiger charge is -2.04. The summed E-state index contributed by atoms with van der Waals surface area (Å²) in [5.74, 6) is 0. The van der Waals surface area contributed by atoms with Crippen molar-refractivity contribution in [1.29, 1.82) is 0 Å². The molecular weight excluding hydrogens is 118 g/mol. The maximum Gasteiger partial charge on any atom is 0.232 e. The Hall–Kier alpha value is -0.410. The van der Waals surface area contributed by atoms with Crippen molar-refractivity contribution >= 4 is 6.29 Å². The lowest BCUT2D eigenvalue weighted by atomic mass is 10.3. The summed E-state index contributed by atoms with van der Waals surface area (Å²) < 4.78 is 4.91. The molecule has 9 heavy (non-hydrogen) atoms. The van der Waals surface area contributed by atoms with Crippen molar-refractivity contribution in [2.75, 3.05) is 20.6 Å². The third-order valence-electron chi connectivity index (χ3n) is 1.24. The first-order chi connectivity index (χ1) is 4.24. The monoisotopic (exact) mass is 128 g/mol. The standard InChI is InChI=1S/C6H10NO2/c1-7(2)3-5-6(4-8)9-5/h5-6H,3H2,1-2H3. The molecule has 2 atom stereocenters. The first-order valence-corrected chi connectivity index (χ1v) is 2.92. The van der Waals surface area contributed by atoms with Gasteiger partial charge in [-0.2, -0.15) is 0 Å². The van der Waals surface area contributed by atoms with Crippen molar-refractivity contribution in [3.05, 3.63) is 0 Å². The molecule has 0 N–H and O–H groups in total. The lowest BCUT2D eigenvalue weighted by molar-refractivity contribution is 0.319. The SMILES string of the molecule is CN(C)CC1OC1[C]=O. The maximum atomic E-state index is 9.89. The Morgan fingerprint density at radius 1 is 1.67 bits per heavy atom. The molecule has 3 heteroatoms. The van der Waals surface area contributed by atoms with Crippen LogP contribution in [0.25, 0.3) is 0 Å². The van der Waals surface area contributed by atoms with E-state index in [1.165, 1.54) is 0 Å². The van der Waals surface area contributed by atoms with Gasteiger partial charge in [-0.25, -0.2) is 0 Å². The predicted octanol–water partition coefficient (Wildman–Crippen LogP) is -0.575. The summed E-state index contributed by atoms with van der Waals surface area (Å²) in [5.41, 5.74) is 0. The molecule has 0 spiro atoms. The van der Waals surface area contributed by atoms with Gasteiger partial charge in [0.15, 0.2) is 6.10 Å². The molecule has 2 unspecified atom stereocenters. The number of rotatable bonds is 3. The van der Waals surface area contributed by atoms with Gasteiger partial charge < -0.3 is 9.64 Å². The minimum absolute atomic E-state index is 0.109. The molecular formula is C6H10NO2. The first kappa shape index (κ1) is 6.71. The second-order valence-corrected chi connectivity index (χ2v) is 2.48. The number of hydrogen-bond acceptors (Lipinski definition) is 3. The van der Waals surface area contributed by atoms with Gasteiger partial charge in [0, 0.05) is 6.54 Å². The van der Waals surface area contributed by atoms with Gasteiger partial charge in [0.2, 0.25) is 6.29 Å². The fourth-order valence-corrected chi connectivity index (χ4v) is 0.745. The third-order valence-corrected chi connectivity index (χ3v) is 1.24. The Labute approximate surface area is 54.6 Å². The molecule has 1 heterocycles. The third kappa shape index (κ3) is 1.77. The van der Waals surface area contributed by atoms with Crippen LogP contribution in [0, 0.1) is 0 Å². The van der Waals surface area contributed by atoms with Crippen molar-refractivity contribution in [2.45, 2.75) is 12.2 Å². The molecule has 1 rings (SSSR count). The highest BCUT2D eigenvalue weighted by molar-refractivity contribution is 5.61. The smallest absolute Gasteiger partial charge is 0.232 e. The van der Waals surface area contributed by atoms with E-state index in [-0.39, 0.29) is 12.2 Å². The molecule has 3 nitrogen and oxygen atoms in total. The lowest BCUT2D eigenvalue weighted by Crippen LogP contribution is -2.19. The Kier molecular flexibility index (Phi) is 1.83. The molecule has 1 aliphatic rings. The normalized spacial score (nSPS) is 32.8. The topological polar surface area (TPSA) is 32.8 Å². The van der Waals surface area contributed by atoms with E-state index in [2.05, 4.69) is 0 Å². The van der Waals surface area contributed by atoms with Crippen LogP contribution in [0.1, 0.15) is 0 Å². The van der Waals surface area contributed by atoms with Gasteiger partial charge in [-0.3, -0.25) is 4.79 Å². The molecule has 0 aromatic carbocycles. The van der Waals surface area contributed by atoms with Crippen LogP contribution in [0.3, 0.4) is 0 Å². The van der Waals surface area contributed by atoms with E-state index in [1.807, 2.05) is 19.0 Å². The number of hydrogen-bond donors (Lipinski definition) is 0. The van der Waals surface area contributed by atoms with Crippen LogP contribution < -0.4 is 0 Å². The minimum atomic E-state index is -0.243. The van der Waals surface area contributed by atoms with Crippen molar-refractivity contribution < 1.29 is 9.53 Å². The van der Waals surface area contributed by atoms with Gasteiger partial charge in [-0.05, 0) is 14.1 Å². The van der Waals surface area contributed by atoms with Crippen molar-refractivity contribution in [3.8, 4) is 0 Å². The summed E-state index contributed by atoms with van der Waals surface area (Å²) in [6, 6.07) is 0. The van der Waals surface area contributed by atoms with Gasteiger partial charge in [-0.15, -0.1) is 0 Å². The van der Waals surface area contributed by atoms with E-state index in [0.717, 1.165) is 6.54 Å². The van der Waals surface area contributed by atoms with Crippen LogP contribution in [0.4, 0.5) is 0 Å². The van der Waals surface area contributed by atoms with E-state index in [9.17, 15) is 4.79 Å². The Morgan fingerprint density at radius 2 is 2.33 bits per heavy atom. The second kappa shape index (κ2) is 2.45. The van der Waals surface area contributed by atoms with E-state index < -0.39 is 0 Å². The van der Waals surface area contributed by atoms with Crippen molar-refractivity contribution in [1.82, 2.24) is 4.90 Å². The fraction of sp³-hybridized carbons (Fsp3) is 0.833. The zero-order valence-corrected chi connectivity index (χ0v) is 5.63. The number of epoxide rings is 1. The van der Waals surface area contributed by atoms with Crippen LogP contribution in [-0.4, -0.2) is 44.0 Å². The van der Waals surface area contributed by atoms with E-state index >= 15 is 0 Å². The molecule has 0 aliphatic carbocycles. The number of nitrogens with zero attached hydrogens (tertiary/aromatic N) is 1. The van der Waals surface area contributed by atoms with Crippen molar-refractivity contribution in [2.24, 2.45) is 0 Å². The number of carbonyl (C=O) groups excluding carboxylic acids is 1. The second-order valence-electron chi connectivity index (χ2n) is 2.48. The Morgan fingerprint density at radius 3 is 2.67 bits per heavy atom. The van der Waals surface area contributed by atoms with Gasteiger partial charge in [0.25, 0.3) is 0 Å². The summed E-state index contributed by atoms with van der Waals surface area (Å²) in [4.78, 5) is 11.9. The number of ether oxygens (including phenoxy) is 1. The highest BCUT2D eigenvalue weighted by Crippen LogP contribution is 2.19. The fourth-order valence-electron chi connectivity index (χ4n) is 0.745. The van der Waals surface area contributed by atoms with E-state index in [0.29, 0.717) is 0 Å². The molecule has 51 valence electrons. The van der Waals surface area contributed by atoms with Crippen LogP contribution in [-0.2, 0) is 9.53 Å². The largest absolute Gasteiger partial charge is 0.359 e. The van der Waals surface area contributed by atoms with Gasteiger partial charge >= 0.3 is 0 Å². The number of likely N-dealkylation sites (N-methyl/N-ethyl adjacent to an activating group) is 1. The maximum absolute atomic E-state index is 9.89. The molecule has 0 amide bonds. The van der Waals surface area contributed by atoms with Crippen LogP contribution in [0.15, 0.2) is 0 Å². The predicted molar refractivity (Wildman–Crippen MR) is 32.9 cm³/mol. The molecule has 0 aromatic heterocycles. The summed E-state index contributed by atoms with van der Waals surface area (Å²) in [7, 11) is 3.90. The van der Waals surface area contributed by atoms with Crippen LogP contribution in [0.2, 0.25) is 0 Å². The summed E-state index contributed by atoms with van der Waals surface area (Å²) in [6.07, 6.45) is 1.66. The first-order valence-electron chi connectivity index (χ1n) is 2.92. The molecule has 0 aromatic rings. The van der Waals surface area contributed by atoms with Gasteiger partial charge in [0.05, 0.1) is 0 Å². The quantitative estimate of drug-likeness (QED) is 0.477. The van der Waals surface area contributed by atoms with Crippen LogP contribution >= 0.6 is 0 Å². The Bertz CT molecular complexity index is 114. The molecule has 0 bridgehead atoms. The van der Waals surface area contributed by atoms with Gasteiger partial charge in [-0.1, -0.05) is 0 Å². The molecule has 1 aliphatic heterocycles.